The standard InChI is InChI=1S/C14H16BrN3O/c15-10-1-3-11(4-2-10)17-13(8-19)14-7-16-9-18(14)12-5-6-12/h1-4,7,9,12-13,17,19H,5-6,8H2. The number of nitrogens with one attached hydrogen (secondary N) is 1. The lowest BCUT2D eigenvalue weighted by Crippen LogP contribution is -2.18. The number of aliphatic hydroxyl groups excluding tert-OH is 1. The van der Waals surface area contributed by atoms with Crippen LogP contribution in [0.2, 0.25) is 0 Å². The summed E-state index contributed by atoms with van der Waals surface area (Å²) in [7, 11) is 0. The van der Waals surface area contributed by atoms with Gasteiger partial charge in [0, 0.05) is 16.2 Å². The topological polar surface area (TPSA) is 50.1 Å². The first kappa shape index (κ1) is 12.7. The van der Waals surface area contributed by atoms with Gasteiger partial charge >= 0.3 is 0 Å². The first-order valence-electron chi connectivity index (χ1n) is 6.42. The van der Waals surface area contributed by atoms with Crippen molar-refractivity contribution >= 4 is 21.6 Å². The van der Waals surface area contributed by atoms with Gasteiger partial charge in [0.2, 0.25) is 0 Å². The summed E-state index contributed by atoms with van der Waals surface area (Å²) in [6.07, 6.45) is 6.11. The molecule has 1 saturated carbocycles. The summed E-state index contributed by atoms with van der Waals surface area (Å²) in [6.45, 7) is 0.0501. The second-order valence-electron chi connectivity index (χ2n) is 4.84. The van der Waals surface area contributed by atoms with Crippen LogP contribution in [0.1, 0.15) is 30.6 Å². The van der Waals surface area contributed by atoms with Gasteiger partial charge in [-0.05, 0) is 37.1 Å². The maximum absolute atomic E-state index is 9.63. The van der Waals surface area contributed by atoms with Crippen LogP contribution in [0.15, 0.2) is 41.3 Å². The van der Waals surface area contributed by atoms with Crippen molar-refractivity contribution in [1.82, 2.24) is 9.55 Å². The smallest absolute Gasteiger partial charge is 0.0951 e. The van der Waals surface area contributed by atoms with Crippen molar-refractivity contribution in [3.63, 3.8) is 0 Å². The Morgan fingerprint density at radius 3 is 2.74 bits per heavy atom. The summed E-state index contributed by atoms with van der Waals surface area (Å²) < 4.78 is 3.22. The SMILES string of the molecule is OCC(Nc1ccc(Br)cc1)c1cncn1C1CC1. The molecule has 1 aliphatic rings. The predicted octanol–water partition coefficient (Wildman–Crippen LogP) is 3.13. The molecule has 0 bridgehead atoms. The van der Waals surface area contributed by atoms with Crippen molar-refractivity contribution in [3.8, 4) is 0 Å². The fourth-order valence-corrected chi connectivity index (χ4v) is 2.47. The van der Waals surface area contributed by atoms with Crippen molar-refractivity contribution < 1.29 is 5.11 Å². The van der Waals surface area contributed by atoms with Crippen LogP contribution in [0.4, 0.5) is 5.69 Å². The van der Waals surface area contributed by atoms with Crippen molar-refractivity contribution in [2.24, 2.45) is 0 Å². The lowest BCUT2D eigenvalue weighted by atomic mass is 10.2. The number of nitrogens with zero attached hydrogens (tertiary/aromatic N) is 2. The molecule has 0 aliphatic heterocycles. The third-order valence-corrected chi connectivity index (χ3v) is 3.89. The summed E-state index contributed by atoms with van der Waals surface area (Å²) >= 11 is 3.42. The van der Waals surface area contributed by atoms with E-state index in [2.05, 4.69) is 30.8 Å². The molecule has 19 heavy (non-hydrogen) atoms. The van der Waals surface area contributed by atoms with Crippen LogP contribution in [0, 0.1) is 0 Å². The third kappa shape index (κ3) is 2.82. The van der Waals surface area contributed by atoms with E-state index < -0.39 is 0 Å². The van der Waals surface area contributed by atoms with Crippen molar-refractivity contribution in [2.45, 2.75) is 24.9 Å². The minimum atomic E-state index is -0.121. The number of hydrogen-bond donors (Lipinski definition) is 2. The summed E-state index contributed by atoms with van der Waals surface area (Å²) in [5, 5.41) is 13.0. The summed E-state index contributed by atoms with van der Waals surface area (Å²) in [4.78, 5) is 4.21. The quantitative estimate of drug-likeness (QED) is 0.889. The molecular formula is C14H16BrN3O. The fourth-order valence-electron chi connectivity index (χ4n) is 2.20. The largest absolute Gasteiger partial charge is 0.394 e. The van der Waals surface area contributed by atoms with E-state index in [1.54, 1.807) is 0 Å². The van der Waals surface area contributed by atoms with Crippen LogP contribution in [0.3, 0.4) is 0 Å². The second-order valence-corrected chi connectivity index (χ2v) is 5.76. The maximum atomic E-state index is 9.63. The Labute approximate surface area is 120 Å². The van der Waals surface area contributed by atoms with E-state index in [9.17, 15) is 5.11 Å². The number of halogens is 1. The Hall–Kier alpha value is -1.33. The van der Waals surface area contributed by atoms with Crippen LogP contribution in [-0.4, -0.2) is 21.3 Å². The van der Waals surface area contributed by atoms with Gasteiger partial charge in [-0.3, -0.25) is 0 Å². The normalized spacial score (nSPS) is 16.3. The Morgan fingerprint density at radius 1 is 1.37 bits per heavy atom. The van der Waals surface area contributed by atoms with Gasteiger partial charge in [0.05, 0.1) is 30.9 Å². The monoisotopic (exact) mass is 321 g/mol. The molecule has 1 heterocycles. The Morgan fingerprint density at radius 2 is 2.11 bits per heavy atom. The lowest BCUT2D eigenvalue weighted by Gasteiger charge is -2.19. The lowest BCUT2D eigenvalue weighted by molar-refractivity contribution is 0.272. The molecule has 1 aromatic heterocycles. The number of rotatable bonds is 5. The van der Waals surface area contributed by atoms with Crippen molar-refractivity contribution in [3.05, 3.63) is 47.0 Å². The molecule has 2 N–H and O–H groups in total. The van der Waals surface area contributed by atoms with Gasteiger partial charge in [-0.15, -0.1) is 0 Å². The van der Waals surface area contributed by atoms with E-state index in [0.29, 0.717) is 6.04 Å². The Balaban J connectivity index is 1.80. The summed E-state index contributed by atoms with van der Waals surface area (Å²) in [5.74, 6) is 0. The van der Waals surface area contributed by atoms with Gasteiger partial charge in [-0.2, -0.15) is 0 Å². The van der Waals surface area contributed by atoms with Gasteiger partial charge in [0.1, 0.15) is 0 Å². The number of hydrogen-bond acceptors (Lipinski definition) is 3. The summed E-state index contributed by atoms with van der Waals surface area (Å²) in [5.41, 5.74) is 2.04. The van der Waals surface area contributed by atoms with Gasteiger partial charge < -0.3 is 15.0 Å². The minimum absolute atomic E-state index is 0.0501. The number of anilines is 1. The van der Waals surface area contributed by atoms with E-state index in [4.69, 9.17) is 0 Å². The number of imidazole rings is 1. The molecule has 4 nitrogen and oxygen atoms in total. The maximum Gasteiger partial charge on any atom is 0.0951 e. The van der Waals surface area contributed by atoms with E-state index >= 15 is 0 Å². The van der Waals surface area contributed by atoms with Gasteiger partial charge in [0.15, 0.2) is 0 Å². The van der Waals surface area contributed by atoms with E-state index in [-0.39, 0.29) is 12.6 Å². The molecular weight excluding hydrogens is 306 g/mol. The van der Waals surface area contributed by atoms with E-state index in [1.807, 2.05) is 36.8 Å². The molecule has 0 amide bonds. The van der Waals surface area contributed by atoms with Crippen LogP contribution in [-0.2, 0) is 0 Å². The average Bonchev–Trinajstić information content (AvgIpc) is 3.16. The molecule has 5 heteroatoms. The Bertz CT molecular complexity index is 548. The molecule has 100 valence electrons. The van der Waals surface area contributed by atoms with Crippen LogP contribution in [0.5, 0.6) is 0 Å². The molecule has 2 aromatic rings. The average molecular weight is 322 g/mol. The number of aromatic nitrogens is 2. The molecule has 1 unspecified atom stereocenters. The molecule has 1 atom stereocenters. The van der Waals surface area contributed by atoms with Gasteiger partial charge in [-0.25, -0.2) is 4.98 Å². The highest BCUT2D eigenvalue weighted by Gasteiger charge is 2.27. The van der Waals surface area contributed by atoms with E-state index in [0.717, 1.165) is 15.9 Å². The Kier molecular flexibility index (Phi) is 3.57. The molecule has 0 saturated heterocycles. The molecule has 1 fully saturated rings. The predicted molar refractivity (Wildman–Crippen MR) is 78.1 cm³/mol. The van der Waals surface area contributed by atoms with Gasteiger partial charge in [0.25, 0.3) is 0 Å². The van der Waals surface area contributed by atoms with Crippen molar-refractivity contribution in [2.75, 3.05) is 11.9 Å². The highest BCUT2D eigenvalue weighted by molar-refractivity contribution is 9.10. The zero-order chi connectivity index (χ0) is 13.2. The number of benzene rings is 1. The highest BCUT2D eigenvalue weighted by atomic mass is 79.9. The zero-order valence-corrected chi connectivity index (χ0v) is 12.0. The van der Waals surface area contributed by atoms with Crippen LogP contribution >= 0.6 is 15.9 Å². The molecule has 0 spiro atoms. The number of aliphatic hydroxyl groups is 1. The second kappa shape index (κ2) is 5.35. The molecule has 1 aliphatic carbocycles. The van der Waals surface area contributed by atoms with Crippen LogP contribution in [0.25, 0.3) is 0 Å². The van der Waals surface area contributed by atoms with E-state index in [1.165, 1.54) is 12.8 Å². The highest BCUT2D eigenvalue weighted by Crippen LogP contribution is 2.37. The van der Waals surface area contributed by atoms with Crippen molar-refractivity contribution in [1.29, 1.82) is 0 Å². The summed E-state index contributed by atoms with van der Waals surface area (Å²) in [6, 6.07) is 8.39. The first-order chi connectivity index (χ1) is 9.28. The molecule has 1 aromatic carbocycles. The first-order valence-corrected chi connectivity index (χ1v) is 7.22. The van der Waals surface area contributed by atoms with Crippen LogP contribution < -0.4 is 5.32 Å². The minimum Gasteiger partial charge on any atom is -0.394 e. The molecule has 0 radical (unpaired) electrons. The zero-order valence-electron chi connectivity index (χ0n) is 10.5. The molecule has 3 rings (SSSR count). The van der Waals surface area contributed by atoms with Gasteiger partial charge in [-0.1, -0.05) is 15.9 Å². The fraction of sp³-hybridized carbons (Fsp3) is 0.357. The third-order valence-electron chi connectivity index (χ3n) is 3.36.